The lowest BCUT2D eigenvalue weighted by Gasteiger charge is -2.39. The third kappa shape index (κ3) is 3.85. The average molecular weight is 294 g/mol. The first-order valence-electron chi connectivity index (χ1n) is 8.35. The van der Waals surface area contributed by atoms with Crippen molar-refractivity contribution in [2.45, 2.75) is 72.4 Å². The lowest BCUT2D eigenvalue weighted by molar-refractivity contribution is 0.161. The molecule has 1 saturated carbocycles. The molecule has 0 bridgehead atoms. The molecule has 4 unspecified atom stereocenters. The molecule has 0 spiro atoms. The minimum atomic E-state index is 0.497. The maximum atomic E-state index is 3.94. The zero-order chi connectivity index (χ0) is 14.7. The van der Waals surface area contributed by atoms with Crippen LogP contribution in [0, 0.1) is 17.8 Å². The van der Waals surface area contributed by atoms with Gasteiger partial charge in [0.2, 0.25) is 0 Å². The van der Waals surface area contributed by atoms with Gasteiger partial charge in [-0.2, -0.15) is 0 Å². The number of rotatable bonds is 5. The van der Waals surface area contributed by atoms with Gasteiger partial charge >= 0.3 is 0 Å². The predicted octanol–water partition coefficient (Wildman–Crippen LogP) is 5.42. The van der Waals surface area contributed by atoms with E-state index in [-0.39, 0.29) is 0 Å². The number of hydrogen-bond donors (Lipinski definition) is 1. The minimum Gasteiger partial charge on any atom is -0.306 e. The van der Waals surface area contributed by atoms with Crippen molar-refractivity contribution >= 4 is 11.3 Å². The molecule has 1 aliphatic rings. The van der Waals surface area contributed by atoms with Crippen LogP contribution in [0.2, 0.25) is 0 Å². The first-order valence-corrected chi connectivity index (χ1v) is 9.17. The van der Waals surface area contributed by atoms with Crippen molar-refractivity contribution in [1.82, 2.24) is 5.32 Å². The molecule has 1 heterocycles. The lowest BCUT2D eigenvalue weighted by atomic mass is 9.74. The van der Waals surface area contributed by atoms with E-state index in [9.17, 15) is 0 Å². The van der Waals surface area contributed by atoms with E-state index in [0.29, 0.717) is 12.1 Å². The third-order valence-electron chi connectivity index (χ3n) is 4.94. The van der Waals surface area contributed by atoms with E-state index in [0.717, 1.165) is 24.2 Å². The maximum absolute atomic E-state index is 3.94. The Morgan fingerprint density at radius 2 is 2.00 bits per heavy atom. The summed E-state index contributed by atoms with van der Waals surface area (Å²) in [7, 11) is 0. The van der Waals surface area contributed by atoms with Crippen LogP contribution in [0.5, 0.6) is 0 Å². The zero-order valence-corrected chi connectivity index (χ0v) is 14.6. The van der Waals surface area contributed by atoms with Gasteiger partial charge in [0.1, 0.15) is 0 Å². The lowest BCUT2D eigenvalue weighted by Crippen LogP contribution is -2.43. The fraction of sp³-hybridized carbons (Fsp3) is 0.778. The molecule has 20 heavy (non-hydrogen) atoms. The Kier molecular flexibility index (Phi) is 5.68. The number of thiophene rings is 1. The smallest absolute Gasteiger partial charge is 0.0388 e. The Hall–Kier alpha value is -0.340. The summed E-state index contributed by atoms with van der Waals surface area (Å²) in [5.41, 5.74) is 0. The molecule has 0 aromatic carbocycles. The normalized spacial score (nSPS) is 28.8. The van der Waals surface area contributed by atoms with Gasteiger partial charge in [0.25, 0.3) is 0 Å². The highest BCUT2D eigenvalue weighted by Crippen LogP contribution is 2.35. The molecule has 0 radical (unpaired) electrons. The second-order valence-corrected chi connectivity index (χ2v) is 8.18. The molecule has 1 aliphatic carbocycles. The molecule has 1 aromatic heterocycles. The molecule has 0 amide bonds. The summed E-state index contributed by atoms with van der Waals surface area (Å²) in [4.78, 5) is 3.01. The van der Waals surface area contributed by atoms with E-state index in [2.05, 4.69) is 52.1 Å². The van der Waals surface area contributed by atoms with Gasteiger partial charge in [-0.15, -0.1) is 11.3 Å². The number of nitrogens with one attached hydrogen (secondary N) is 1. The van der Waals surface area contributed by atoms with Gasteiger partial charge < -0.3 is 5.32 Å². The summed E-state index contributed by atoms with van der Waals surface area (Å²) in [6.07, 6.45) is 5.31. The largest absolute Gasteiger partial charge is 0.306 e. The van der Waals surface area contributed by atoms with E-state index in [1.807, 2.05) is 11.3 Å². The van der Waals surface area contributed by atoms with E-state index < -0.39 is 0 Å². The fourth-order valence-corrected chi connectivity index (χ4v) is 4.58. The Morgan fingerprint density at radius 3 is 2.60 bits per heavy atom. The first-order chi connectivity index (χ1) is 9.51. The molecule has 1 nitrogen and oxygen atoms in total. The molecule has 1 N–H and O–H groups in total. The second kappa shape index (κ2) is 7.09. The second-order valence-electron chi connectivity index (χ2n) is 6.98. The summed E-state index contributed by atoms with van der Waals surface area (Å²) in [6.45, 7) is 11.8. The quantitative estimate of drug-likeness (QED) is 0.764. The standard InChI is InChI=1S/C18H31NS/c1-6-15-8-10-18(20-15)14(5)19-17-11-13(4)7-9-16(17)12(2)3/h8,10,12-14,16-17,19H,6-7,9,11H2,1-5H3. The van der Waals surface area contributed by atoms with Gasteiger partial charge in [-0.1, -0.05) is 34.1 Å². The van der Waals surface area contributed by atoms with E-state index in [4.69, 9.17) is 0 Å². The van der Waals surface area contributed by atoms with Gasteiger partial charge in [-0.25, -0.2) is 0 Å². The monoisotopic (exact) mass is 293 g/mol. The summed E-state index contributed by atoms with van der Waals surface area (Å²) in [6, 6.07) is 5.80. The van der Waals surface area contributed by atoms with Gasteiger partial charge in [0.05, 0.1) is 0 Å². The van der Waals surface area contributed by atoms with Crippen molar-refractivity contribution in [2.75, 3.05) is 0 Å². The molecular weight excluding hydrogens is 262 g/mol. The molecule has 114 valence electrons. The van der Waals surface area contributed by atoms with Gasteiger partial charge in [-0.05, 0) is 56.1 Å². The molecule has 1 aromatic rings. The van der Waals surface area contributed by atoms with Crippen LogP contribution >= 0.6 is 11.3 Å². The Labute approximate surface area is 129 Å². The van der Waals surface area contributed by atoms with Gasteiger partial charge in [0, 0.05) is 21.8 Å². The van der Waals surface area contributed by atoms with Crippen LogP contribution in [0.4, 0.5) is 0 Å². The summed E-state index contributed by atoms with van der Waals surface area (Å²) < 4.78 is 0. The van der Waals surface area contributed by atoms with Gasteiger partial charge in [0.15, 0.2) is 0 Å². The molecule has 1 fully saturated rings. The van der Waals surface area contributed by atoms with Crippen molar-refractivity contribution in [3.8, 4) is 0 Å². The van der Waals surface area contributed by atoms with Crippen LogP contribution < -0.4 is 5.32 Å². The zero-order valence-electron chi connectivity index (χ0n) is 13.8. The van der Waals surface area contributed by atoms with Crippen LogP contribution in [-0.2, 0) is 6.42 Å². The molecule has 0 saturated heterocycles. The first kappa shape index (κ1) is 16.0. The van der Waals surface area contributed by atoms with Crippen LogP contribution in [0.3, 0.4) is 0 Å². The molecule has 4 atom stereocenters. The average Bonchev–Trinajstić information content (AvgIpc) is 2.87. The topological polar surface area (TPSA) is 12.0 Å². The number of aryl methyl sites for hydroxylation is 1. The van der Waals surface area contributed by atoms with E-state index in [1.165, 1.54) is 29.0 Å². The summed E-state index contributed by atoms with van der Waals surface area (Å²) in [5.74, 6) is 2.52. The Balaban J connectivity index is 2.01. The summed E-state index contributed by atoms with van der Waals surface area (Å²) >= 11 is 1.98. The Bertz CT molecular complexity index is 409. The molecule has 2 heteroatoms. The highest BCUT2D eigenvalue weighted by Gasteiger charge is 2.31. The van der Waals surface area contributed by atoms with Crippen molar-refractivity contribution in [1.29, 1.82) is 0 Å². The van der Waals surface area contributed by atoms with Gasteiger partial charge in [-0.3, -0.25) is 0 Å². The van der Waals surface area contributed by atoms with Crippen LogP contribution in [-0.4, -0.2) is 6.04 Å². The fourth-order valence-electron chi connectivity index (χ4n) is 3.61. The third-order valence-corrected chi connectivity index (χ3v) is 6.36. The van der Waals surface area contributed by atoms with E-state index in [1.54, 1.807) is 0 Å². The molecule has 0 aliphatic heterocycles. The Morgan fingerprint density at radius 1 is 1.25 bits per heavy atom. The van der Waals surface area contributed by atoms with Crippen LogP contribution in [0.25, 0.3) is 0 Å². The van der Waals surface area contributed by atoms with Crippen molar-refractivity contribution in [2.24, 2.45) is 17.8 Å². The molecule has 2 rings (SSSR count). The van der Waals surface area contributed by atoms with Crippen molar-refractivity contribution in [3.05, 3.63) is 21.9 Å². The van der Waals surface area contributed by atoms with Crippen LogP contribution in [0.15, 0.2) is 12.1 Å². The minimum absolute atomic E-state index is 0.497. The van der Waals surface area contributed by atoms with Crippen LogP contribution in [0.1, 0.15) is 69.7 Å². The number of hydrogen-bond acceptors (Lipinski definition) is 2. The van der Waals surface area contributed by atoms with E-state index >= 15 is 0 Å². The highest BCUT2D eigenvalue weighted by atomic mass is 32.1. The maximum Gasteiger partial charge on any atom is 0.0388 e. The van der Waals surface area contributed by atoms with Crippen molar-refractivity contribution in [3.63, 3.8) is 0 Å². The highest BCUT2D eigenvalue weighted by molar-refractivity contribution is 7.12. The summed E-state index contributed by atoms with van der Waals surface area (Å²) in [5, 5.41) is 3.94. The SMILES string of the molecule is CCc1ccc(C(C)NC2CC(C)CCC2C(C)C)s1. The predicted molar refractivity (Wildman–Crippen MR) is 90.4 cm³/mol. The molecular formula is C18H31NS. The van der Waals surface area contributed by atoms with Crippen molar-refractivity contribution < 1.29 is 0 Å².